The Kier molecular flexibility index (Phi) is 2.29. The Morgan fingerprint density at radius 3 is 2.73 bits per heavy atom. The van der Waals surface area contributed by atoms with Gasteiger partial charge in [0, 0.05) is 6.42 Å². The smallest absolute Gasteiger partial charge is 0.224 e. The van der Waals surface area contributed by atoms with Crippen LogP contribution in [0.3, 0.4) is 0 Å². The Morgan fingerprint density at radius 1 is 1.73 bits per heavy atom. The van der Waals surface area contributed by atoms with E-state index in [9.17, 15) is 4.79 Å². The van der Waals surface area contributed by atoms with E-state index in [1.54, 1.807) is 6.08 Å². The van der Waals surface area contributed by atoms with Crippen molar-refractivity contribution in [3.05, 3.63) is 12.7 Å². The van der Waals surface area contributed by atoms with Crippen LogP contribution >= 0.6 is 0 Å². The first-order valence-electron chi connectivity index (χ1n) is 3.75. The molecule has 0 bridgehead atoms. The highest BCUT2D eigenvalue weighted by atomic mass is 16.3. The first kappa shape index (κ1) is 8.27. The summed E-state index contributed by atoms with van der Waals surface area (Å²) in [5, 5.41) is 11.6. The fourth-order valence-corrected chi connectivity index (χ4v) is 0.951. The van der Waals surface area contributed by atoms with Gasteiger partial charge >= 0.3 is 0 Å². The molecule has 1 aliphatic rings. The number of aliphatic hydroxyl groups is 1. The summed E-state index contributed by atoms with van der Waals surface area (Å²) >= 11 is 0. The molecule has 0 unspecified atom stereocenters. The number of nitrogens with one attached hydrogen (secondary N) is 1. The third kappa shape index (κ3) is 2.05. The molecule has 0 radical (unpaired) electrons. The average Bonchev–Trinajstić information content (AvgIpc) is 2.70. The molecule has 0 aromatic rings. The molecule has 3 heteroatoms. The predicted octanol–water partition coefficient (Wildman–Crippen LogP) is 0.204. The van der Waals surface area contributed by atoms with Crippen molar-refractivity contribution in [3.63, 3.8) is 0 Å². The van der Waals surface area contributed by atoms with Crippen molar-refractivity contribution in [2.24, 2.45) is 0 Å². The normalized spacial score (nSPS) is 19.0. The Hall–Kier alpha value is -0.830. The van der Waals surface area contributed by atoms with Gasteiger partial charge in [0.05, 0.1) is 12.1 Å². The fourth-order valence-electron chi connectivity index (χ4n) is 0.951. The van der Waals surface area contributed by atoms with Gasteiger partial charge in [-0.25, -0.2) is 0 Å². The van der Waals surface area contributed by atoms with Crippen LogP contribution in [0.4, 0.5) is 0 Å². The van der Waals surface area contributed by atoms with Crippen molar-refractivity contribution in [1.29, 1.82) is 0 Å². The van der Waals surface area contributed by atoms with Crippen LogP contribution < -0.4 is 5.32 Å². The molecular formula is C8H13NO2. The largest absolute Gasteiger partial charge is 0.394 e. The van der Waals surface area contributed by atoms with Gasteiger partial charge in [0.15, 0.2) is 0 Å². The minimum Gasteiger partial charge on any atom is -0.394 e. The minimum atomic E-state index is -0.278. The van der Waals surface area contributed by atoms with Crippen molar-refractivity contribution in [2.45, 2.75) is 24.8 Å². The zero-order valence-electron chi connectivity index (χ0n) is 6.47. The van der Waals surface area contributed by atoms with E-state index in [-0.39, 0.29) is 18.1 Å². The monoisotopic (exact) mass is 155 g/mol. The summed E-state index contributed by atoms with van der Waals surface area (Å²) in [6, 6.07) is 0. The van der Waals surface area contributed by atoms with Crippen LogP contribution in [0.5, 0.6) is 0 Å². The van der Waals surface area contributed by atoms with Crippen LogP contribution in [0, 0.1) is 0 Å². The van der Waals surface area contributed by atoms with Crippen molar-refractivity contribution in [1.82, 2.24) is 5.32 Å². The number of amides is 1. The Balaban J connectivity index is 2.29. The van der Waals surface area contributed by atoms with Gasteiger partial charge in [-0.2, -0.15) is 0 Å². The van der Waals surface area contributed by atoms with Gasteiger partial charge in [0.2, 0.25) is 5.91 Å². The summed E-state index contributed by atoms with van der Waals surface area (Å²) in [7, 11) is 0. The van der Waals surface area contributed by atoms with Crippen molar-refractivity contribution in [2.75, 3.05) is 6.61 Å². The van der Waals surface area contributed by atoms with Crippen LogP contribution in [-0.2, 0) is 4.79 Å². The molecule has 1 fully saturated rings. The molecule has 1 rings (SSSR count). The lowest BCUT2D eigenvalue weighted by Gasteiger charge is -2.12. The van der Waals surface area contributed by atoms with Gasteiger partial charge in [-0.05, 0) is 12.8 Å². The van der Waals surface area contributed by atoms with E-state index in [2.05, 4.69) is 11.9 Å². The van der Waals surface area contributed by atoms with Gasteiger partial charge in [0.1, 0.15) is 0 Å². The summed E-state index contributed by atoms with van der Waals surface area (Å²) < 4.78 is 0. The first-order chi connectivity index (χ1) is 5.22. The van der Waals surface area contributed by atoms with E-state index < -0.39 is 0 Å². The van der Waals surface area contributed by atoms with Crippen LogP contribution in [0.1, 0.15) is 19.3 Å². The van der Waals surface area contributed by atoms with E-state index >= 15 is 0 Å². The highest BCUT2D eigenvalue weighted by Crippen LogP contribution is 2.34. The summed E-state index contributed by atoms with van der Waals surface area (Å²) in [5.74, 6) is -0.0495. The molecule has 0 aromatic carbocycles. The van der Waals surface area contributed by atoms with E-state index in [0.29, 0.717) is 6.42 Å². The Morgan fingerprint density at radius 2 is 2.36 bits per heavy atom. The number of carbonyl (C=O) groups excluding carboxylic acids is 1. The lowest BCUT2D eigenvalue weighted by Crippen LogP contribution is -2.39. The van der Waals surface area contributed by atoms with Crippen LogP contribution in [0.15, 0.2) is 12.7 Å². The molecule has 11 heavy (non-hydrogen) atoms. The quantitative estimate of drug-likeness (QED) is 0.570. The molecule has 1 aliphatic carbocycles. The van der Waals surface area contributed by atoms with Crippen molar-refractivity contribution >= 4 is 5.91 Å². The molecule has 62 valence electrons. The van der Waals surface area contributed by atoms with Gasteiger partial charge in [0.25, 0.3) is 0 Å². The average molecular weight is 155 g/mol. The van der Waals surface area contributed by atoms with Gasteiger partial charge < -0.3 is 10.4 Å². The lowest BCUT2D eigenvalue weighted by atomic mass is 10.2. The van der Waals surface area contributed by atoms with E-state index in [1.807, 2.05) is 0 Å². The molecular weight excluding hydrogens is 142 g/mol. The Bertz CT molecular complexity index is 173. The van der Waals surface area contributed by atoms with Gasteiger partial charge in [-0.1, -0.05) is 6.08 Å². The summed E-state index contributed by atoms with van der Waals surface area (Å²) in [5.41, 5.74) is -0.278. The molecule has 0 saturated heterocycles. The minimum absolute atomic E-state index is 0.0495. The molecule has 0 heterocycles. The lowest BCUT2D eigenvalue weighted by molar-refractivity contribution is -0.121. The van der Waals surface area contributed by atoms with Crippen molar-refractivity contribution < 1.29 is 9.90 Å². The SMILES string of the molecule is C=CCC(=O)NC1(CO)CC1. The summed E-state index contributed by atoms with van der Waals surface area (Å²) in [6.07, 6.45) is 3.68. The Labute approximate surface area is 66.1 Å². The van der Waals surface area contributed by atoms with E-state index in [4.69, 9.17) is 5.11 Å². The third-order valence-electron chi connectivity index (χ3n) is 1.89. The van der Waals surface area contributed by atoms with Crippen LogP contribution in [0.25, 0.3) is 0 Å². The summed E-state index contributed by atoms with van der Waals surface area (Å²) in [4.78, 5) is 11.0. The van der Waals surface area contributed by atoms with Crippen LogP contribution in [-0.4, -0.2) is 23.2 Å². The summed E-state index contributed by atoms with van der Waals surface area (Å²) in [6.45, 7) is 3.51. The highest BCUT2D eigenvalue weighted by Gasteiger charge is 2.42. The third-order valence-corrected chi connectivity index (χ3v) is 1.89. The second kappa shape index (κ2) is 3.05. The fraction of sp³-hybridized carbons (Fsp3) is 0.625. The van der Waals surface area contributed by atoms with Gasteiger partial charge in [-0.15, -0.1) is 6.58 Å². The van der Waals surface area contributed by atoms with Gasteiger partial charge in [-0.3, -0.25) is 4.79 Å². The molecule has 0 aliphatic heterocycles. The zero-order valence-corrected chi connectivity index (χ0v) is 6.47. The second-order valence-electron chi connectivity index (χ2n) is 2.98. The molecule has 3 nitrogen and oxygen atoms in total. The topological polar surface area (TPSA) is 49.3 Å². The molecule has 0 aromatic heterocycles. The molecule has 0 atom stereocenters. The number of carbonyl (C=O) groups is 1. The number of aliphatic hydroxyl groups excluding tert-OH is 1. The number of hydrogen-bond acceptors (Lipinski definition) is 2. The highest BCUT2D eigenvalue weighted by molar-refractivity contribution is 5.78. The molecule has 1 saturated carbocycles. The number of rotatable bonds is 4. The second-order valence-corrected chi connectivity index (χ2v) is 2.98. The molecule has 2 N–H and O–H groups in total. The standard InChI is InChI=1S/C8H13NO2/c1-2-3-7(11)9-8(6-10)4-5-8/h2,10H,1,3-6H2,(H,9,11). The maximum absolute atomic E-state index is 11.0. The van der Waals surface area contributed by atoms with Crippen LogP contribution in [0.2, 0.25) is 0 Å². The molecule has 0 spiro atoms. The predicted molar refractivity (Wildman–Crippen MR) is 42.0 cm³/mol. The first-order valence-corrected chi connectivity index (χ1v) is 3.75. The van der Waals surface area contributed by atoms with E-state index in [0.717, 1.165) is 12.8 Å². The van der Waals surface area contributed by atoms with E-state index in [1.165, 1.54) is 0 Å². The molecule has 1 amide bonds. The van der Waals surface area contributed by atoms with Crippen molar-refractivity contribution in [3.8, 4) is 0 Å². The maximum atomic E-state index is 11.0. The zero-order chi connectivity index (χ0) is 8.32. The maximum Gasteiger partial charge on any atom is 0.224 e. The number of hydrogen-bond donors (Lipinski definition) is 2.